The summed E-state index contributed by atoms with van der Waals surface area (Å²) < 4.78 is 0. The van der Waals surface area contributed by atoms with Crippen LogP contribution in [0.1, 0.15) is 52.4 Å². The lowest BCUT2D eigenvalue weighted by Crippen LogP contribution is -2.19. The van der Waals surface area contributed by atoms with Crippen LogP contribution in [0, 0.1) is 11.8 Å². The summed E-state index contributed by atoms with van der Waals surface area (Å²) in [6.07, 6.45) is 11.0. The van der Waals surface area contributed by atoms with Crippen LogP contribution in [-0.4, -0.2) is 12.6 Å². The van der Waals surface area contributed by atoms with E-state index in [-0.39, 0.29) is 0 Å². The van der Waals surface area contributed by atoms with E-state index in [1.165, 1.54) is 38.5 Å². The topological polar surface area (TPSA) is 12.0 Å². The van der Waals surface area contributed by atoms with E-state index in [0.717, 1.165) is 24.4 Å². The van der Waals surface area contributed by atoms with Gasteiger partial charge in [-0.1, -0.05) is 31.4 Å². The molecular weight excluding hydrogens is 182 g/mol. The summed E-state index contributed by atoms with van der Waals surface area (Å²) >= 11 is 0. The molecule has 2 rings (SSSR count). The molecule has 1 N–H and O–H groups in total. The van der Waals surface area contributed by atoms with Gasteiger partial charge in [0, 0.05) is 12.6 Å². The standard InChI is InChI=1S/C14H25N/c1-11-3-5-13(6-4-11)9-12(2)10-15-14-7-8-14/h9,11,13-15H,3-8,10H2,1-2H3/b12-9-. The van der Waals surface area contributed by atoms with Gasteiger partial charge in [-0.25, -0.2) is 0 Å². The molecule has 2 aliphatic rings. The molecule has 1 heteroatoms. The number of nitrogens with one attached hydrogen (secondary N) is 1. The molecule has 0 spiro atoms. The SMILES string of the molecule is C/C(=C/C1CCC(C)CC1)CNC1CC1. The molecule has 0 unspecified atom stereocenters. The van der Waals surface area contributed by atoms with Gasteiger partial charge in [0.1, 0.15) is 0 Å². The van der Waals surface area contributed by atoms with Crippen LogP contribution in [0.3, 0.4) is 0 Å². The highest BCUT2D eigenvalue weighted by Gasteiger charge is 2.20. The van der Waals surface area contributed by atoms with Gasteiger partial charge >= 0.3 is 0 Å². The van der Waals surface area contributed by atoms with Gasteiger partial charge in [0.2, 0.25) is 0 Å². The number of hydrogen-bond donors (Lipinski definition) is 1. The molecule has 0 amide bonds. The van der Waals surface area contributed by atoms with E-state index in [0.29, 0.717) is 0 Å². The van der Waals surface area contributed by atoms with Crippen LogP contribution in [0.5, 0.6) is 0 Å². The van der Waals surface area contributed by atoms with Crippen LogP contribution in [-0.2, 0) is 0 Å². The van der Waals surface area contributed by atoms with E-state index in [1.807, 2.05) is 0 Å². The van der Waals surface area contributed by atoms with Crippen LogP contribution >= 0.6 is 0 Å². The first-order valence-electron chi connectivity index (χ1n) is 6.64. The Kier molecular flexibility index (Phi) is 3.85. The third-order valence-electron chi connectivity index (χ3n) is 3.83. The van der Waals surface area contributed by atoms with Crippen molar-refractivity contribution in [2.24, 2.45) is 11.8 Å². The maximum absolute atomic E-state index is 3.59. The number of hydrogen-bond acceptors (Lipinski definition) is 1. The van der Waals surface area contributed by atoms with Crippen molar-refractivity contribution >= 4 is 0 Å². The van der Waals surface area contributed by atoms with Crippen LogP contribution in [0.15, 0.2) is 11.6 Å². The van der Waals surface area contributed by atoms with Gasteiger partial charge in [0.05, 0.1) is 0 Å². The highest BCUT2D eigenvalue weighted by Crippen LogP contribution is 2.29. The first kappa shape index (κ1) is 11.2. The van der Waals surface area contributed by atoms with Gasteiger partial charge in [-0.3, -0.25) is 0 Å². The van der Waals surface area contributed by atoms with Gasteiger partial charge in [-0.2, -0.15) is 0 Å². The Morgan fingerprint density at radius 2 is 1.80 bits per heavy atom. The zero-order chi connectivity index (χ0) is 10.7. The summed E-state index contributed by atoms with van der Waals surface area (Å²) in [7, 11) is 0. The zero-order valence-corrected chi connectivity index (χ0v) is 10.3. The summed E-state index contributed by atoms with van der Waals surface area (Å²) in [5.74, 6) is 1.85. The molecule has 0 bridgehead atoms. The van der Waals surface area contributed by atoms with E-state index >= 15 is 0 Å². The summed E-state index contributed by atoms with van der Waals surface area (Å²) in [4.78, 5) is 0. The molecule has 0 aromatic carbocycles. The fraction of sp³-hybridized carbons (Fsp3) is 0.857. The first-order chi connectivity index (χ1) is 7.24. The molecule has 0 aromatic rings. The van der Waals surface area contributed by atoms with E-state index in [9.17, 15) is 0 Å². The number of allylic oxidation sites excluding steroid dienone is 1. The minimum atomic E-state index is 0.847. The molecule has 0 aliphatic heterocycles. The van der Waals surface area contributed by atoms with Gasteiger partial charge in [-0.05, 0) is 44.4 Å². The monoisotopic (exact) mass is 207 g/mol. The fourth-order valence-corrected chi connectivity index (χ4v) is 2.51. The highest BCUT2D eigenvalue weighted by atomic mass is 14.9. The first-order valence-corrected chi connectivity index (χ1v) is 6.64. The van der Waals surface area contributed by atoms with Crippen molar-refractivity contribution in [3.05, 3.63) is 11.6 Å². The van der Waals surface area contributed by atoms with E-state index in [4.69, 9.17) is 0 Å². The van der Waals surface area contributed by atoms with Crippen molar-refractivity contribution < 1.29 is 0 Å². The molecule has 15 heavy (non-hydrogen) atoms. The second kappa shape index (κ2) is 5.16. The molecule has 0 saturated heterocycles. The normalized spacial score (nSPS) is 33.1. The Morgan fingerprint density at radius 3 is 2.40 bits per heavy atom. The molecule has 1 nitrogen and oxygen atoms in total. The molecule has 0 atom stereocenters. The average Bonchev–Trinajstić information content (AvgIpc) is 3.02. The molecular formula is C14H25N. The van der Waals surface area contributed by atoms with Crippen molar-refractivity contribution in [3.8, 4) is 0 Å². The predicted octanol–water partition coefficient (Wildman–Crippen LogP) is 3.51. The third-order valence-corrected chi connectivity index (χ3v) is 3.83. The minimum absolute atomic E-state index is 0.847. The zero-order valence-electron chi connectivity index (χ0n) is 10.3. The summed E-state index contributed by atoms with van der Waals surface area (Å²) in [6, 6.07) is 0.847. The van der Waals surface area contributed by atoms with Crippen LogP contribution < -0.4 is 5.32 Å². The van der Waals surface area contributed by atoms with Crippen molar-refractivity contribution in [1.29, 1.82) is 0 Å². The van der Waals surface area contributed by atoms with Crippen LogP contribution in [0.25, 0.3) is 0 Å². The van der Waals surface area contributed by atoms with Crippen molar-refractivity contribution in [3.63, 3.8) is 0 Å². The van der Waals surface area contributed by atoms with Gasteiger partial charge in [0.15, 0.2) is 0 Å². The lowest BCUT2D eigenvalue weighted by Gasteiger charge is -2.24. The Labute approximate surface area is 94.3 Å². The van der Waals surface area contributed by atoms with Gasteiger partial charge < -0.3 is 5.32 Å². The quantitative estimate of drug-likeness (QED) is 0.696. The van der Waals surface area contributed by atoms with Gasteiger partial charge in [0.25, 0.3) is 0 Å². The van der Waals surface area contributed by atoms with Crippen LogP contribution in [0.4, 0.5) is 0 Å². The maximum atomic E-state index is 3.59. The predicted molar refractivity (Wildman–Crippen MR) is 65.9 cm³/mol. The summed E-state index contributed by atoms with van der Waals surface area (Å²) in [5, 5.41) is 3.59. The molecule has 2 aliphatic carbocycles. The van der Waals surface area contributed by atoms with E-state index < -0.39 is 0 Å². The maximum Gasteiger partial charge on any atom is 0.0164 e. The lowest BCUT2D eigenvalue weighted by atomic mass is 9.82. The van der Waals surface area contributed by atoms with Crippen molar-refractivity contribution in [1.82, 2.24) is 5.32 Å². The Morgan fingerprint density at radius 1 is 1.13 bits per heavy atom. The largest absolute Gasteiger partial charge is 0.310 e. The van der Waals surface area contributed by atoms with E-state index in [1.54, 1.807) is 5.57 Å². The fourth-order valence-electron chi connectivity index (χ4n) is 2.51. The Hall–Kier alpha value is -0.300. The van der Waals surface area contributed by atoms with E-state index in [2.05, 4.69) is 25.2 Å². The minimum Gasteiger partial charge on any atom is -0.310 e. The van der Waals surface area contributed by atoms with Crippen molar-refractivity contribution in [2.45, 2.75) is 58.4 Å². The Balaban J connectivity index is 1.70. The second-order valence-corrected chi connectivity index (χ2v) is 5.69. The highest BCUT2D eigenvalue weighted by molar-refractivity contribution is 5.05. The Bertz CT molecular complexity index is 219. The molecule has 0 aromatic heterocycles. The average molecular weight is 207 g/mol. The third kappa shape index (κ3) is 3.98. The van der Waals surface area contributed by atoms with Crippen molar-refractivity contribution in [2.75, 3.05) is 6.54 Å². The lowest BCUT2D eigenvalue weighted by molar-refractivity contribution is 0.329. The molecule has 2 saturated carbocycles. The molecule has 0 radical (unpaired) electrons. The summed E-state index contributed by atoms with van der Waals surface area (Å²) in [6.45, 7) is 5.80. The molecule has 0 heterocycles. The number of rotatable bonds is 4. The summed E-state index contributed by atoms with van der Waals surface area (Å²) in [5.41, 5.74) is 1.56. The second-order valence-electron chi connectivity index (χ2n) is 5.69. The molecule has 2 fully saturated rings. The van der Waals surface area contributed by atoms with Gasteiger partial charge in [-0.15, -0.1) is 0 Å². The molecule has 86 valence electrons. The smallest absolute Gasteiger partial charge is 0.0164 e. The van der Waals surface area contributed by atoms with Crippen LogP contribution in [0.2, 0.25) is 0 Å².